The fourth-order valence-electron chi connectivity index (χ4n) is 2.99. The van der Waals surface area contributed by atoms with Crippen molar-refractivity contribution in [2.24, 2.45) is 0 Å². The number of aromatic nitrogens is 1. The van der Waals surface area contributed by atoms with Gasteiger partial charge in [0.1, 0.15) is 5.76 Å². The van der Waals surface area contributed by atoms with Crippen molar-refractivity contribution in [3.8, 4) is 5.69 Å². The molecule has 1 atom stereocenters. The Labute approximate surface area is 152 Å². The molecule has 0 fully saturated rings. The number of hydrogen-bond donors (Lipinski definition) is 1. The van der Waals surface area contributed by atoms with E-state index in [4.69, 9.17) is 16.0 Å². The third-order valence-corrected chi connectivity index (χ3v) is 4.52. The van der Waals surface area contributed by atoms with E-state index in [2.05, 4.69) is 22.0 Å². The third kappa shape index (κ3) is 3.80. The van der Waals surface area contributed by atoms with Crippen LogP contribution in [0.25, 0.3) is 5.69 Å². The Kier molecular flexibility index (Phi) is 5.00. The highest BCUT2D eigenvalue weighted by molar-refractivity contribution is 6.33. The Morgan fingerprint density at radius 1 is 1.20 bits per heavy atom. The molecule has 2 aromatic heterocycles. The van der Waals surface area contributed by atoms with Crippen LogP contribution in [-0.2, 0) is 6.42 Å². The number of aryl methyl sites for hydroxylation is 2. The van der Waals surface area contributed by atoms with Crippen LogP contribution in [-0.4, -0.2) is 16.5 Å². The van der Waals surface area contributed by atoms with Crippen LogP contribution in [0.15, 0.2) is 53.1 Å². The van der Waals surface area contributed by atoms with Gasteiger partial charge in [-0.15, -0.1) is 0 Å². The summed E-state index contributed by atoms with van der Waals surface area (Å²) in [4.78, 5) is 12.7. The normalized spacial score (nSPS) is 12.2. The number of nitrogens with one attached hydrogen (secondary N) is 1. The molecular formula is C20H21ClN2O2. The first-order chi connectivity index (χ1) is 12.0. The van der Waals surface area contributed by atoms with Gasteiger partial charge in [-0.1, -0.05) is 11.6 Å². The molecule has 3 rings (SSSR count). The number of nitrogens with zero attached hydrogens (tertiary/aromatic N) is 1. The minimum Gasteiger partial charge on any atom is -0.469 e. The first-order valence-electron chi connectivity index (χ1n) is 8.24. The molecule has 0 saturated heterocycles. The zero-order valence-corrected chi connectivity index (χ0v) is 15.3. The van der Waals surface area contributed by atoms with E-state index in [0.717, 1.165) is 22.8 Å². The number of rotatable bonds is 5. The summed E-state index contributed by atoms with van der Waals surface area (Å²) in [7, 11) is 0. The third-order valence-electron chi connectivity index (χ3n) is 4.19. The van der Waals surface area contributed by atoms with Gasteiger partial charge in [0.25, 0.3) is 5.91 Å². The highest BCUT2D eigenvalue weighted by Crippen LogP contribution is 2.23. The lowest BCUT2D eigenvalue weighted by Crippen LogP contribution is -2.34. The predicted molar refractivity (Wildman–Crippen MR) is 99.6 cm³/mol. The molecule has 1 amide bonds. The molecule has 0 spiro atoms. The van der Waals surface area contributed by atoms with Crippen molar-refractivity contribution in [3.63, 3.8) is 0 Å². The lowest BCUT2D eigenvalue weighted by atomic mass is 10.1. The molecule has 3 aromatic rings. The van der Waals surface area contributed by atoms with Gasteiger partial charge >= 0.3 is 0 Å². The number of halogens is 1. The molecule has 5 heteroatoms. The Morgan fingerprint density at radius 3 is 2.56 bits per heavy atom. The quantitative estimate of drug-likeness (QED) is 0.720. The standard InChI is InChI=1S/C20H21ClN2O2/c1-13(11-17-5-4-10-25-17)22-20(24)18-12-16(8-9-19(18)21)23-14(2)6-7-15(23)3/h4-10,12-13H,11H2,1-3H3,(H,22,24). The summed E-state index contributed by atoms with van der Waals surface area (Å²) >= 11 is 6.27. The van der Waals surface area contributed by atoms with Crippen LogP contribution in [0.5, 0.6) is 0 Å². The number of amides is 1. The van der Waals surface area contributed by atoms with Gasteiger partial charge in [0.2, 0.25) is 0 Å². The van der Waals surface area contributed by atoms with Gasteiger partial charge in [-0.05, 0) is 63.2 Å². The van der Waals surface area contributed by atoms with Gasteiger partial charge in [-0.2, -0.15) is 0 Å². The molecule has 4 nitrogen and oxygen atoms in total. The molecule has 0 radical (unpaired) electrons. The van der Waals surface area contributed by atoms with Gasteiger partial charge in [0, 0.05) is 29.5 Å². The second kappa shape index (κ2) is 7.19. The van der Waals surface area contributed by atoms with Crippen LogP contribution in [0.4, 0.5) is 0 Å². The molecule has 1 aromatic carbocycles. The number of carbonyl (C=O) groups is 1. The average Bonchev–Trinajstić information content (AvgIpc) is 3.18. The van der Waals surface area contributed by atoms with Crippen molar-refractivity contribution in [1.82, 2.24) is 9.88 Å². The molecule has 1 unspecified atom stereocenters. The molecule has 2 heterocycles. The maximum atomic E-state index is 12.7. The molecule has 25 heavy (non-hydrogen) atoms. The highest BCUT2D eigenvalue weighted by Gasteiger charge is 2.16. The molecular weight excluding hydrogens is 336 g/mol. The molecule has 0 bridgehead atoms. The molecule has 0 aliphatic rings. The summed E-state index contributed by atoms with van der Waals surface area (Å²) < 4.78 is 7.43. The number of benzene rings is 1. The monoisotopic (exact) mass is 356 g/mol. The van der Waals surface area contributed by atoms with Crippen LogP contribution in [0.1, 0.15) is 34.4 Å². The van der Waals surface area contributed by atoms with Gasteiger partial charge in [-0.3, -0.25) is 4.79 Å². The highest BCUT2D eigenvalue weighted by atomic mass is 35.5. The Morgan fingerprint density at radius 2 is 1.92 bits per heavy atom. The SMILES string of the molecule is Cc1ccc(C)n1-c1ccc(Cl)c(C(=O)NC(C)Cc2ccco2)c1. The summed E-state index contributed by atoms with van der Waals surface area (Å²) in [6.07, 6.45) is 2.26. The van der Waals surface area contributed by atoms with Crippen LogP contribution in [0.2, 0.25) is 5.02 Å². The second-order valence-electron chi connectivity index (χ2n) is 6.27. The van der Waals surface area contributed by atoms with E-state index in [1.54, 1.807) is 12.3 Å². The van der Waals surface area contributed by atoms with Crippen LogP contribution >= 0.6 is 11.6 Å². The molecule has 1 N–H and O–H groups in total. The number of furan rings is 1. The van der Waals surface area contributed by atoms with Crippen LogP contribution in [0, 0.1) is 13.8 Å². The van der Waals surface area contributed by atoms with E-state index in [0.29, 0.717) is 17.0 Å². The van der Waals surface area contributed by atoms with E-state index < -0.39 is 0 Å². The fourth-order valence-corrected chi connectivity index (χ4v) is 3.19. The summed E-state index contributed by atoms with van der Waals surface area (Å²) in [5.74, 6) is 0.652. The van der Waals surface area contributed by atoms with Crippen molar-refractivity contribution >= 4 is 17.5 Å². The Hall–Kier alpha value is -2.46. The molecule has 0 aliphatic heterocycles. The van der Waals surface area contributed by atoms with Crippen LogP contribution < -0.4 is 5.32 Å². The fraction of sp³-hybridized carbons (Fsp3) is 0.250. The van der Waals surface area contributed by atoms with Crippen LogP contribution in [0.3, 0.4) is 0 Å². The minimum absolute atomic E-state index is 0.0616. The summed E-state index contributed by atoms with van der Waals surface area (Å²) in [5.41, 5.74) is 3.61. The van der Waals surface area contributed by atoms with E-state index >= 15 is 0 Å². The van der Waals surface area contributed by atoms with Crippen molar-refractivity contribution in [1.29, 1.82) is 0 Å². The van der Waals surface area contributed by atoms with Crippen molar-refractivity contribution in [2.75, 3.05) is 0 Å². The van der Waals surface area contributed by atoms with E-state index in [9.17, 15) is 4.79 Å². The Balaban J connectivity index is 1.81. The molecule has 130 valence electrons. The number of carbonyl (C=O) groups excluding carboxylic acids is 1. The van der Waals surface area contributed by atoms with Crippen molar-refractivity contribution in [3.05, 3.63) is 76.5 Å². The number of hydrogen-bond acceptors (Lipinski definition) is 2. The maximum Gasteiger partial charge on any atom is 0.253 e. The smallest absolute Gasteiger partial charge is 0.253 e. The molecule has 0 saturated carbocycles. The molecule has 0 aliphatic carbocycles. The van der Waals surface area contributed by atoms with Gasteiger partial charge < -0.3 is 14.3 Å². The van der Waals surface area contributed by atoms with E-state index in [1.165, 1.54) is 0 Å². The topological polar surface area (TPSA) is 47.2 Å². The zero-order valence-electron chi connectivity index (χ0n) is 14.5. The summed E-state index contributed by atoms with van der Waals surface area (Å²) in [5, 5.41) is 3.42. The first kappa shape index (κ1) is 17.4. The average molecular weight is 357 g/mol. The lowest BCUT2D eigenvalue weighted by molar-refractivity contribution is 0.0939. The maximum absolute atomic E-state index is 12.7. The first-order valence-corrected chi connectivity index (χ1v) is 8.61. The zero-order chi connectivity index (χ0) is 18.0. The minimum atomic E-state index is -0.187. The second-order valence-corrected chi connectivity index (χ2v) is 6.68. The van der Waals surface area contributed by atoms with Gasteiger partial charge in [0.05, 0.1) is 16.8 Å². The summed E-state index contributed by atoms with van der Waals surface area (Å²) in [6.45, 7) is 6.01. The summed E-state index contributed by atoms with van der Waals surface area (Å²) in [6, 6.07) is 13.3. The Bertz CT molecular complexity index is 862. The van der Waals surface area contributed by atoms with Crippen molar-refractivity contribution in [2.45, 2.75) is 33.2 Å². The lowest BCUT2D eigenvalue weighted by Gasteiger charge is -2.15. The predicted octanol–water partition coefficient (Wildman–Crippen LogP) is 4.70. The van der Waals surface area contributed by atoms with E-state index in [1.807, 2.05) is 45.0 Å². The van der Waals surface area contributed by atoms with Crippen molar-refractivity contribution < 1.29 is 9.21 Å². The largest absolute Gasteiger partial charge is 0.469 e. The van der Waals surface area contributed by atoms with Gasteiger partial charge in [0.15, 0.2) is 0 Å². The van der Waals surface area contributed by atoms with E-state index in [-0.39, 0.29) is 11.9 Å². The van der Waals surface area contributed by atoms with Gasteiger partial charge in [-0.25, -0.2) is 0 Å².